The zero-order valence-electron chi connectivity index (χ0n) is 20.2. The molecule has 2 aromatic heterocycles. The number of aliphatic imine (C=N–C) groups is 1. The Bertz CT molecular complexity index is 1600. The number of hydrogen-bond acceptors (Lipinski definition) is 5. The quantitative estimate of drug-likeness (QED) is 0.293. The van der Waals surface area contributed by atoms with Crippen LogP contribution in [0, 0.1) is 13.8 Å². The van der Waals surface area contributed by atoms with Gasteiger partial charge in [0.05, 0.1) is 34.9 Å². The summed E-state index contributed by atoms with van der Waals surface area (Å²) in [7, 11) is 0. The largest absolute Gasteiger partial charge is 0.464 e. The van der Waals surface area contributed by atoms with E-state index in [0.29, 0.717) is 6.54 Å². The summed E-state index contributed by atoms with van der Waals surface area (Å²) in [6, 6.07) is 33.2. The predicted octanol–water partition coefficient (Wildman–Crippen LogP) is 6.70. The van der Waals surface area contributed by atoms with Crippen LogP contribution < -0.4 is 9.80 Å². The van der Waals surface area contributed by atoms with Gasteiger partial charge in [-0.15, -0.1) is 0 Å². The Balaban J connectivity index is 1.49. The number of fused-ring (bicyclic) bond motifs is 4. The summed E-state index contributed by atoms with van der Waals surface area (Å²) in [5.74, 6) is 3.49. The van der Waals surface area contributed by atoms with Crippen LogP contribution in [0.4, 0.5) is 17.2 Å². The summed E-state index contributed by atoms with van der Waals surface area (Å²) < 4.78 is 8.23. The normalized spacial score (nSPS) is 15.9. The van der Waals surface area contributed by atoms with Gasteiger partial charge in [0, 0.05) is 0 Å². The molecule has 4 heterocycles. The van der Waals surface area contributed by atoms with Gasteiger partial charge in [0.2, 0.25) is 5.96 Å². The molecule has 0 fully saturated rings. The van der Waals surface area contributed by atoms with Crippen LogP contribution in [0.1, 0.15) is 34.4 Å². The molecule has 36 heavy (non-hydrogen) atoms. The molecule has 0 saturated carbocycles. The first-order valence-corrected chi connectivity index (χ1v) is 12.2. The average Bonchev–Trinajstić information content (AvgIpc) is 3.59. The van der Waals surface area contributed by atoms with Gasteiger partial charge in [-0.3, -0.25) is 4.90 Å². The highest BCUT2D eigenvalue weighted by atomic mass is 16.3. The van der Waals surface area contributed by atoms with E-state index in [9.17, 15) is 0 Å². The zero-order valence-corrected chi connectivity index (χ0v) is 20.2. The highest BCUT2D eigenvalue weighted by Gasteiger charge is 2.45. The first kappa shape index (κ1) is 20.8. The molecular formula is C30H25N5O. The van der Waals surface area contributed by atoms with E-state index in [1.54, 1.807) is 0 Å². The first-order chi connectivity index (χ1) is 17.7. The number of aryl methyl sites for hydroxylation is 2. The third kappa shape index (κ3) is 3.11. The Morgan fingerprint density at radius 2 is 1.47 bits per heavy atom. The highest BCUT2D eigenvalue weighted by molar-refractivity contribution is 6.18. The second-order valence-electron chi connectivity index (χ2n) is 9.26. The van der Waals surface area contributed by atoms with E-state index in [0.717, 1.165) is 51.6 Å². The Morgan fingerprint density at radius 3 is 2.19 bits per heavy atom. The molecule has 0 spiro atoms. The van der Waals surface area contributed by atoms with E-state index in [-0.39, 0.29) is 6.04 Å². The van der Waals surface area contributed by atoms with Crippen molar-refractivity contribution in [2.45, 2.75) is 26.4 Å². The molecule has 1 unspecified atom stereocenters. The molecule has 176 valence electrons. The molecule has 6 heteroatoms. The molecule has 0 N–H and O–H groups in total. The van der Waals surface area contributed by atoms with Gasteiger partial charge in [0.25, 0.3) is 0 Å². The lowest BCUT2D eigenvalue weighted by Gasteiger charge is -2.33. The van der Waals surface area contributed by atoms with E-state index < -0.39 is 0 Å². The maximum absolute atomic E-state index is 6.27. The number of rotatable bonds is 4. The van der Waals surface area contributed by atoms with Crippen molar-refractivity contribution in [2.75, 3.05) is 9.80 Å². The molecule has 7 rings (SSSR count). The van der Waals surface area contributed by atoms with Crippen LogP contribution in [0.25, 0.3) is 5.69 Å². The summed E-state index contributed by atoms with van der Waals surface area (Å²) in [5, 5.41) is 4.96. The Morgan fingerprint density at radius 1 is 0.778 bits per heavy atom. The van der Waals surface area contributed by atoms with Gasteiger partial charge in [-0.25, -0.2) is 4.68 Å². The SMILES string of the molecule is Cc1ccc(C2c3c(C)nn(-c4ccccc4)c3N=C3N(Cc4ccccc4)c4ccccc4N32)o1. The summed E-state index contributed by atoms with van der Waals surface area (Å²) in [4.78, 5) is 9.91. The van der Waals surface area contributed by atoms with E-state index >= 15 is 0 Å². The van der Waals surface area contributed by atoms with E-state index in [1.807, 2.05) is 35.9 Å². The Hall–Kier alpha value is -4.58. The van der Waals surface area contributed by atoms with Crippen molar-refractivity contribution in [2.24, 2.45) is 4.99 Å². The van der Waals surface area contributed by atoms with Gasteiger partial charge in [-0.2, -0.15) is 10.1 Å². The van der Waals surface area contributed by atoms with Gasteiger partial charge in [-0.05, 0) is 55.8 Å². The first-order valence-electron chi connectivity index (χ1n) is 12.2. The molecule has 0 aliphatic carbocycles. The number of aromatic nitrogens is 2. The topological polar surface area (TPSA) is 49.8 Å². The van der Waals surface area contributed by atoms with Crippen LogP contribution in [0.2, 0.25) is 0 Å². The maximum Gasteiger partial charge on any atom is 0.213 e. The van der Waals surface area contributed by atoms with Gasteiger partial charge in [-0.1, -0.05) is 60.7 Å². The molecule has 6 nitrogen and oxygen atoms in total. The average molecular weight is 472 g/mol. The van der Waals surface area contributed by atoms with Crippen molar-refractivity contribution in [3.63, 3.8) is 0 Å². The third-order valence-corrected chi connectivity index (χ3v) is 6.92. The van der Waals surface area contributed by atoms with Crippen molar-refractivity contribution in [1.82, 2.24) is 9.78 Å². The molecule has 0 radical (unpaired) electrons. The van der Waals surface area contributed by atoms with Crippen LogP contribution in [-0.4, -0.2) is 15.7 Å². The summed E-state index contributed by atoms with van der Waals surface area (Å²) in [5.41, 5.74) is 6.46. The van der Waals surface area contributed by atoms with Crippen molar-refractivity contribution in [1.29, 1.82) is 0 Å². The third-order valence-electron chi connectivity index (χ3n) is 6.92. The molecule has 0 amide bonds. The van der Waals surface area contributed by atoms with Crippen molar-refractivity contribution in [3.8, 4) is 5.69 Å². The number of furan rings is 1. The molecular weight excluding hydrogens is 446 g/mol. The van der Waals surface area contributed by atoms with Crippen molar-refractivity contribution >= 4 is 23.2 Å². The lowest BCUT2D eigenvalue weighted by Crippen LogP contribution is -2.42. The minimum absolute atomic E-state index is 0.180. The summed E-state index contributed by atoms with van der Waals surface area (Å²) >= 11 is 0. The fraction of sp³-hybridized carbons (Fsp3) is 0.133. The molecule has 1 atom stereocenters. The zero-order chi connectivity index (χ0) is 24.2. The van der Waals surface area contributed by atoms with E-state index in [2.05, 4.69) is 89.5 Å². The lowest BCUT2D eigenvalue weighted by atomic mass is 10.0. The highest BCUT2D eigenvalue weighted by Crippen LogP contribution is 2.51. The number of hydrogen-bond donors (Lipinski definition) is 0. The molecule has 3 aromatic carbocycles. The smallest absolute Gasteiger partial charge is 0.213 e. The minimum Gasteiger partial charge on any atom is -0.464 e. The summed E-state index contributed by atoms with van der Waals surface area (Å²) in [6.07, 6.45) is 0. The van der Waals surface area contributed by atoms with Gasteiger partial charge >= 0.3 is 0 Å². The second kappa shape index (κ2) is 7.99. The molecule has 2 aliphatic heterocycles. The number of nitrogens with zero attached hydrogens (tertiary/aromatic N) is 5. The fourth-order valence-electron chi connectivity index (χ4n) is 5.33. The molecule has 0 bridgehead atoms. The van der Waals surface area contributed by atoms with Crippen molar-refractivity contribution in [3.05, 3.63) is 125 Å². The number of benzene rings is 3. The fourth-order valence-corrected chi connectivity index (χ4v) is 5.33. The Labute approximate surface area is 209 Å². The maximum atomic E-state index is 6.27. The van der Waals surface area contributed by atoms with Crippen LogP contribution >= 0.6 is 0 Å². The van der Waals surface area contributed by atoms with Crippen molar-refractivity contribution < 1.29 is 4.42 Å². The molecule has 0 saturated heterocycles. The summed E-state index contributed by atoms with van der Waals surface area (Å²) in [6.45, 7) is 4.76. The van der Waals surface area contributed by atoms with E-state index in [4.69, 9.17) is 14.5 Å². The monoisotopic (exact) mass is 471 g/mol. The molecule has 2 aliphatic rings. The van der Waals surface area contributed by atoms with Gasteiger partial charge < -0.3 is 9.32 Å². The second-order valence-corrected chi connectivity index (χ2v) is 9.26. The number of guanidine groups is 1. The minimum atomic E-state index is -0.180. The Kier molecular flexibility index (Phi) is 4.61. The number of para-hydroxylation sites is 3. The van der Waals surface area contributed by atoms with Crippen LogP contribution in [0.3, 0.4) is 0 Å². The molecule has 5 aromatic rings. The lowest BCUT2D eigenvalue weighted by molar-refractivity contribution is 0.464. The number of anilines is 2. The van der Waals surface area contributed by atoms with Crippen LogP contribution in [0.15, 0.2) is 106 Å². The van der Waals surface area contributed by atoms with E-state index in [1.165, 1.54) is 5.56 Å². The van der Waals surface area contributed by atoms with Crippen LogP contribution in [0.5, 0.6) is 0 Å². The predicted molar refractivity (Wildman–Crippen MR) is 142 cm³/mol. The standard InChI is InChI=1S/C30H25N5O/c1-20-17-18-26(36-20)28-27-21(2)32-35(23-13-7-4-8-14-23)29(27)31-30-33(19-22-11-5-3-6-12-22)24-15-9-10-16-25(24)34(28)30/h3-18,28H,19H2,1-2H3. The van der Waals surface area contributed by atoms with Gasteiger partial charge in [0.1, 0.15) is 17.6 Å². The van der Waals surface area contributed by atoms with Crippen LogP contribution in [-0.2, 0) is 6.54 Å². The van der Waals surface area contributed by atoms with Gasteiger partial charge in [0.15, 0.2) is 5.82 Å².